The highest BCUT2D eigenvalue weighted by Crippen LogP contribution is 2.03. The summed E-state index contributed by atoms with van der Waals surface area (Å²) in [4.78, 5) is 0. The van der Waals surface area contributed by atoms with E-state index in [-0.39, 0.29) is 0 Å². The lowest BCUT2D eigenvalue weighted by molar-refractivity contribution is -1.04. The molecule has 0 aromatic rings. The van der Waals surface area contributed by atoms with E-state index in [1.807, 2.05) is 0 Å². The summed E-state index contributed by atoms with van der Waals surface area (Å²) in [5.41, 5.74) is 0. The Morgan fingerprint density at radius 1 is 1.15 bits per heavy atom. The van der Waals surface area contributed by atoms with Crippen molar-refractivity contribution in [1.29, 1.82) is 0 Å². The molecule has 0 amide bonds. The molecule has 0 aliphatic carbocycles. The number of hydrogen-bond donors (Lipinski definition) is 5. The van der Waals surface area contributed by atoms with E-state index >= 15 is 0 Å². The minimum absolute atomic E-state index is 0.345. The fourth-order valence-electron chi connectivity index (χ4n) is 0.675. The predicted molar refractivity (Wildman–Crippen MR) is 37.2 cm³/mol. The van der Waals surface area contributed by atoms with Gasteiger partial charge in [0.25, 0.3) is 0 Å². The van der Waals surface area contributed by atoms with Crippen molar-refractivity contribution in [2.75, 3.05) is 6.61 Å². The highest BCUT2D eigenvalue weighted by atomic mass is 17.1. The number of carbonyl (C=O) groups excluding carboxylic acids is 1. The number of aliphatic hydroxyl groups excluding tert-OH is 5. The summed E-state index contributed by atoms with van der Waals surface area (Å²) in [5.74, 6) is 0. The third-order valence-corrected chi connectivity index (χ3v) is 1.48. The molecular formula is C6H12O7. The van der Waals surface area contributed by atoms with E-state index < -0.39 is 31.0 Å². The van der Waals surface area contributed by atoms with E-state index in [0.717, 1.165) is 0 Å². The van der Waals surface area contributed by atoms with Gasteiger partial charge in [-0.15, -0.1) is 0 Å². The molecule has 0 heterocycles. The van der Waals surface area contributed by atoms with Crippen molar-refractivity contribution in [2.45, 2.75) is 24.4 Å². The first-order chi connectivity index (χ1) is 6.04. The first-order valence-corrected chi connectivity index (χ1v) is 3.49. The van der Waals surface area contributed by atoms with Crippen LogP contribution in [-0.2, 0) is 4.58 Å². The molecule has 0 saturated carbocycles. The summed E-state index contributed by atoms with van der Waals surface area (Å²) in [6.07, 6.45) is -6.53. The Balaban J connectivity index is 4.15. The Morgan fingerprint density at radius 2 is 1.69 bits per heavy atom. The normalized spacial score (nSPS) is 21.3. The lowest BCUT2D eigenvalue weighted by atomic mass is 10.0. The Labute approximate surface area is 73.7 Å². The van der Waals surface area contributed by atoms with Crippen LogP contribution in [0, 0.1) is 0 Å². The maximum atomic E-state index is 9.49. The molecule has 0 bridgehead atoms. The van der Waals surface area contributed by atoms with Crippen LogP contribution in [0.4, 0.5) is 0 Å². The van der Waals surface area contributed by atoms with E-state index in [1.165, 1.54) is 0 Å². The van der Waals surface area contributed by atoms with Crippen molar-refractivity contribution >= 4 is 6.29 Å². The number of hydrogen-bond acceptors (Lipinski definition) is 6. The molecule has 0 aromatic carbocycles. The molecule has 0 radical (unpaired) electrons. The number of aliphatic hydroxyl groups is 5. The predicted octanol–water partition coefficient (Wildman–Crippen LogP) is -4.57. The summed E-state index contributed by atoms with van der Waals surface area (Å²) in [6.45, 7) is -0.775. The van der Waals surface area contributed by atoms with Crippen LogP contribution in [0.25, 0.3) is 0 Å². The molecule has 0 aliphatic heterocycles. The molecule has 0 spiro atoms. The molecule has 7 nitrogen and oxygen atoms in total. The van der Waals surface area contributed by atoms with Crippen molar-refractivity contribution in [3.8, 4) is 0 Å². The van der Waals surface area contributed by atoms with Gasteiger partial charge in [-0.25, -0.2) is 0 Å². The van der Waals surface area contributed by atoms with Gasteiger partial charge < -0.3 is 30.8 Å². The minimum atomic E-state index is -1.80. The zero-order valence-corrected chi connectivity index (χ0v) is 6.65. The summed E-state index contributed by atoms with van der Waals surface area (Å²) >= 11 is 0. The molecular weight excluding hydrogens is 184 g/mol. The summed E-state index contributed by atoms with van der Waals surface area (Å²) in [7, 11) is 0. The van der Waals surface area contributed by atoms with Crippen LogP contribution in [0.1, 0.15) is 0 Å². The fourth-order valence-corrected chi connectivity index (χ4v) is 0.675. The molecule has 0 aliphatic rings. The maximum Gasteiger partial charge on any atom is 0.349 e. The average Bonchev–Trinajstić information content (AvgIpc) is 2.14. The van der Waals surface area contributed by atoms with Gasteiger partial charge in [0.1, 0.15) is 18.3 Å². The SMILES string of the molecule is [O-][O+]=C[C@H](O)[C@@H](O)[C@@H](O)[C@H](O)CO. The third kappa shape index (κ3) is 3.66. The Kier molecular flexibility index (Phi) is 5.51. The highest BCUT2D eigenvalue weighted by Gasteiger charge is 2.31. The molecule has 78 valence electrons. The van der Waals surface area contributed by atoms with Crippen LogP contribution in [0.2, 0.25) is 0 Å². The second-order valence-electron chi connectivity index (χ2n) is 2.45. The first-order valence-electron chi connectivity index (χ1n) is 3.49. The van der Waals surface area contributed by atoms with E-state index in [4.69, 9.17) is 25.5 Å². The van der Waals surface area contributed by atoms with Crippen LogP contribution in [0.3, 0.4) is 0 Å². The van der Waals surface area contributed by atoms with Crippen molar-refractivity contribution in [2.24, 2.45) is 0 Å². The first kappa shape index (κ1) is 12.3. The molecule has 13 heavy (non-hydrogen) atoms. The fraction of sp³-hybridized carbons (Fsp3) is 0.833. The van der Waals surface area contributed by atoms with Gasteiger partial charge in [-0.1, -0.05) is 0 Å². The van der Waals surface area contributed by atoms with Crippen LogP contribution >= 0.6 is 0 Å². The Bertz CT molecular complexity index is 159. The van der Waals surface area contributed by atoms with Crippen molar-refractivity contribution in [3.05, 3.63) is 0 Å². The lowest BCUT2D eigenvalue weighted by Gasteiger charge is -2.21. The van der Waals surface area contributed by atoms with Crippen LogP contribution in [0.5, 0.6) is 0 Å². The third-order valence-electron chi connectivity index (χ3n) is 1.48. The van der Waals surface area contributed by atoms with Gasteiger partial charge in [0.15, 0.2) is 6.10 Å². The quantitative estimate of drug-likeness (QED) is 0.130. The van der Waals surface area contributed by atoms with E-state index in [0.29, 0.717) is 6.29 Å². The molecule has 0 unspecified atom stereocenters. The van der Waals surface area contributed by atoms with Crippen LogP contribution in [-0.4, -0.2) is 62.8 Å². The van der Waals surface area contributed by atoms with Gasteiger partial charge in [-0.05, 0) is 0 Å². The average molecular weight is 196 g/mol. The zero-order chi connectivity index (χ0) is 10.4. The summed E-state index contributed by atoms with van der Waals surface area (Å²) in [6, 6.07) is 0. The Hall–Kier alpha value is -0.730. The Morgan fingerprint density at radius 3 is 2.08 bits per heavy atom. The molecule has 0 aromatic heterocycles. The van der Waals surface area contributed by atoms with E-state index in [2.05, 4.69) is 4.58 Å². The van der Waals surface area contributed by atoms with Gasteiger partial charge >= 0.3 is 6.29 Å². The van der Waals surface area contributed by atoms with Gasteiger partial charge in [-0.2, -0.15) is 4.58 Å². The number of rotatable bonds is 5. The van der Waals surface area contributed by atoms with E-state index in [9.17, 15) is 5.26 Å². The van der Waals surface area contributed by atoms with Crippen molar-refractivity contribution in [1.82, 2.24) is 0 Å². The van der Waals surface area contributed by atoms with Gasteiger partial charge in [0.05, 0.1) is 6.61 Å². The van der Waals surface area contributed by atoms with E-state index in [1.54, 1.807) is 0 Å². The number of aldehydes is 1. The standard InChI is InChI=1S/C6H12O7/c7-1-3(8)5(10)6(11)4(9)2-13-12/h2-11H,1H2/t3-,4+,5+,6-/m1/s1. The lowest BCUT2D eigenvalue weighted by Crippen LogP contribution is -2.46. The van der Waals surface area contributed by atoms with Gasteiger partial charge in [-0.3, -0.25) is 0 Å². The van der Waals surface area contributed by atoms with Crippen molar-refractivity contribution < 1.29 is 35.4 Å². The summed E-state index contributed by atoms with van der Waals surface area (Å²) in [5, 5.41) is 53.5. The molecule has 4 atom stereocenters. The molecule has 0 rings (SSSR count). The largest absolute Gasteiger partial charge is 0.463 e. The topological polar surface area (TPSA) is 136 Å². The van der Waals surface area contributed by atoms with Crippen LogP contribution in [0.15, 0.2) is 0 Å². The monoisotopic (exact) mass is 196 g/mol. The van der Waals surface area contributed by atoms with Crippen LogP contribution < -0.4 is 5.26 Å². The molecule has 5 N–H and O–H groups in total. The zero-order valence-electron chi connectivity index (χ0n) is 6.65. The highest BCUT2D eigenvalue weighted by molar-refractivity contribution is 5.56. The molecule has 0 saturated heterocycles. The molecule has 0 fully saturated rings. The van der Waals surface area contributed by atoms with Gasteiger partial charge in [0.2, 0.25) is 0 Å². The van der Waals surface area contributed by atoms with Gasteiger partial charge in [0, 0.05) is 0 Å². The second kappa shape index (κ2) is 5.84. The molecule has 7 heteroatoms. The minimum Gasteiger partial charge on any atom is -0.463 e. The summed E-state index contributed by atoms with van der Waals surface area (Å²) < 4.78 is 3.15. The van der Waals surface area contributed by atoms with Crippen molar-refractivity contribution in [3.63, 3.8) is 0 Å². The smallest absolute Gasteiger partial charge is 0.349 e. The maximum absolute atomic E-state index is 9.49. The second-order valence-corrected chi connectivity index (χ2v) is 2.45.